The molecule has 0 spiro atoms. The van der Waals surface area contributed by atoms with Crippen LogP contribution in [-0.2, 0) is 53.0 Å². The predicted octanol–water partition coefficient (Wildman–Crippen LogP) is 8.65. The van der Waals surface area contributed by atoms with E-state index in [0.717, 1.165) is 138 Å². The number of carbonyl (C=O) groups is 7. The van der Waals surface area contributed by atoms with Crippen molar-refractivity contribution in [2.45, 2.75) is 169 Å². The van der Waals surface area contributed by atoms with Crippen molar-refractivity contribution < 1.29 is 47.5 Å². The highest BCUT2D eigenvalue weighted by molar-refractivity contribution is 7.22. The van der Waals surface area contributed by atoms with E-state index in [9.17, 15) is 33.6 Å². The number of anilines is 5. The van der Waals surface area contributed by atoms with Crippen LogP contribution in [0.25, 0.3) is 21.3 Å². The van der Waals surface area contributed by atoms with Crippen molar-refractivity contribution in [1.82, 2.24) is 50.8 Å². The Morgan fingerprint density at radius 3 is 2.30 bits per heavy atom. The molecule has 98 heavy (non-hydrogen) atoms. The summed E-state index contributed by atoms with van der Waals surface area (Å²) < 4.78 is 17.1. The van der Waals surface area contributed by atoms with E-state index < -0.39 is 41.7 Å². The number of nitrogens with two attached hydrogens (primary N) is 2. The zero-order chi connectivity index (χ0) is 69.3. The maximum Gasteiger partial charge on any atom is 0.312 e. The summed E-state index contributed by atoms with van der Waals surface area (Å²) in [6.07, 6.45) is 12.8. The summed E-state index contributed by atoms with van der Waals surface area (Å²) >= 11 is 1.57. The first-order chi connectivity index (χ1) is 46.8. The summed E-state index contributed by atoms with van der Waals surface area (Å²) in [7, 11) is 0. The number of aromatic nitrogens is 6. The molecule has 3 unspecified atom stereocenters. The topological polar surface area (TPSA) is 326 Å². The minimum absolute atomic E-state index is 0.0113. The Kier molecular flexibility index (Phi) is 20.1. The number of primary amides is 2. The van der Waals surface area contributed by atoms with Crippen molar-refractivity contribution >= 4 is 91.3 Å². The fourth-order valence-electron chi connectivity index (χ4n) is 17.9. The fraction of sp³-hybridized carbons (Fsp3) is 0.556. The monoisotopic (exact) mass is 1360 g/mol. The molecule has 9 N–H and O–H groups in total. The molecule has 2 saturated heterocycles. The predicted molar refractivity (Wildman–Crippen MR) is 373 cm³/mol. The van der Waals surface area contributed by atoms with Gasteiger partial charge in [-0.2, -0.15) is 5.10 Å². The Morgan fingerprint density at radius 1 is 0.837 bits per heavy atom. The molecule has 0 radical (unpaired) electrons. The van der Waals surface area contributed by atoms with Crippen LogP contribution >= 0.6 is 11.3 Å². The van der Waals surface area contributed by atoms with Gasteiger partial charge in [0.05, 0.1) is 61.5 Å². The minimum atomic E-state index is -1.01. The molecule has 4 aliphatic carbocycles. The van der Waals surface area contributed by atoms with Crippen LogP contribution < -0.4 is 43.0 Å². The largest absolute Gasteiger partial charge is 0.379 e. The van der Waals surface area contributed by atoms with E-state index in [2.05, 4.69) is 82.3 Å². The quantitative estimate of drug-likeness (QED) is 0.0131. The van der Waals surface area contributed by atoms with Gasteiger partial charge < -0.3 is 56.9 Å². The lowest BCUT2D eigenvalue weighted by molar-refractivity contribution is -0.930. The van der Waals surface area contributed by atoms with E-state index in [4.69, 9.17) is 41.1 Å². The molecule has 3 aliphatic heterocycles. The molecule has 6 fully saturated rings. The minimum Gasteiger partial charge on any atom is -0.379 e. The number of thiazole rings is 1. The van der Waals surface area contributed by atoms with Gasteiger partial charge in [-0.25, -0.2) is 14.8 Å². The van der Waals surface area contributed by atoms with Crippen LogP contribution in [0.3, 0.4) is 0 Å². The number of imide groups is 1. The summed E-state index contributed by atoms with van der Waals surface area (Å²) in [5.41, 5.74) is 18.7. The highest BCUT2D eigenvalue weighted by atomic mass is 32.1. The third-order valence-corrected chi connectivity index (χ3v) is 22.3. The molecule has 13 rings (SSSR count). The third-order valence-electron chi connectivity index (χ3n) is 21.3. The van der Waals surface area contributed by atoms with Gasteiger partial charge in [0.15, 0.2) is 16.8 Å². The molecule has 522 valence electrons. The number of nitrogens with one attached hydrogen (secondary N) is 5. The van der Waals surface area contributed by atoms with Crippen molar-refractivity contribution in [2.75, 3.05) is 74.6 Å². The van der Waals surface area contributed by atoms with Crippen LogP contribution in [0.5, 0.6) is 0 Å². The van der Waals surface area contributed by atoms with E-state index in [1.54, 1.807) is 32.1 Å². The normalized spacial score (nSPS) is 23.7. The Morgan fingerprint density at radius 2 is 1.59 bits per heavy atom. The second-order valence-corrected chi connectivity index (χ2v) is 31.0. The van der Waals surface area contributed by atoms with E-state index in [0.29, 0.717) is 48.3 Å². The maximum atomic E-state index is 14.1. The molecule has 7 heterocycles. The SMILES string of the molecule is Cc1c(Nc2nc3ccccc3s2)nnc2c1CCCN2c1ccc(-c2cnn(CC34CC5(OCC[N+]6(Cc7ccc(NC(=O)[C@H](CCCNC(N)=O)NC(=O)[C@@H](NC(=O)CCOCCN8C(=O)CC(C)C8=O)C(C)C)cc7)CCCC6)C[C@](C)(C3)C[C@](C)(C4)C5)c2C)c(C(N)=O)n1. The summed E-state index contributed by atoms with van der Waals surface area (Å²) in [5.74, 6) is -1.28. The van der Waals surface area contributed by atoms with E-state index in [-0.39, 0.29) is 96.8 Å². The fourth-order valence-corrected chi connectivity index (χ4v) is 18.7. The number of benzene rings is 2. The summed E-state index contributed by atoms with van der Waals surface area (Å²) in [5, 5.41) is 29.8. The number of para-hydroxylation sites is 1. The Labute approximate surface area is 576 Å². The van der Waals surface area contributed by atoms with Gasteiger partial charge in [0.2, 0.25) is 29.5 Å². The zero-order valence-corrected chi connectivity index (χ0v) is 58.4. The average Bonchev–Trinajstić information content (AvgIpc) is 1.11. The number of hydrogen-bond donors (Lipinski definition) is 7. The number of likely N-dealkylation sites (tertiary alicyclic amines) is 2. The van der Waals surface area contributed by atoms with Crippen molar-refractivity contribution in [3.05, 3.63) is 94.9 Å². The maximum absolute atomic E-state index is 14.1. The Balaban J connectivity index is 0.667. The summed E-state index contributed by atoms with van der Waals surface area (Å²) in [6, 6.07) is 17.1. The third kappa shape index (κ3) is 15.2. The molecule has 4 aromatic heterocycles. The molecular formula is C72H95N16O9S+. The van der Waals surface area contributed by atoms with Gasteiger partial charge in [0, 0.05) is 90.4 Å². The lowest BCUT2D eigenvalue weighted by atomic mass is 9.39. The summed E-state index contributed by atoms with van der Waals surface area (Å²) in [4.78, 5) is 103. The second-order valence-electron chi connectivity index (χ2n) is 30.0. The number of pyridine rings is 1. The van der Waals surface area contributed by atoms with E-state index in [1.807, 2.05) is 53.6 Å². The Bertz CT molecular complexity index is 3960. The number of hydrogen-bond acceptors (Lipinski definition) is 17. The number of amides is 8. The van der Waals surface area contributed by atoms with Gasteiger partial charge in [-0.1, -0.05) is 70.2 Å². The van der Waals surface area contributed by atoms with Crippen LogP contribution in [-0.4, -0.2) is 158 Å². The zero-order valence-electron chi connectivity index (χ0n) is 57.6. The van der Waals surface area contributed by atoms with Gasteiger partial charge in [0.1, 0.15) is 36.7 Å². The molecule has 7 atom stereocenters. The van der Waals surface area contributed by atoms with Crippen LogP contribution in [0.4, 0.5) is 33.1 Å². The van der Waals surface area contributed by atoms with E-state index in [1.165, 1.54) is 11.3 Å². The highest BCUT2D eigenvalue weighted by Gasteiger charge is 2.66. The molecule has 2 aromatic carbocycles. The number of nitrogens with zero attached hydrogens (tertiary/aromatic N) is 9. The molecule has 8 amide bonds. The van der Waals surface area contributed by atoms with Crippen LogP contribution in [0, 0.1) is 41.9 Å². The average molecular weight is 1360 g/mol. The molecular weight excluding hydrogens is 1260 g/mol. The molecule has 4 saturated carbocycles. The number of rotatable bonds is 29. The van der Waals surface area contributed by atoms with Gasteiger partial charge in [0.25, 0.3) is 5.91 Å². The second kappa shape index (κ2) is 28.4. The van der Waals surface area contributed by atoms with Gasteiger partial charge in [-0.05, 0) is 137 Å². The number of ether oxygens (including phenoxy) is 2. The van der Waals surface area contributed by atoms with Crippen molar-refractivity contribution in [1.29, 1.82) is 0 Å². The molecule has 26 heteroatoms. The molecule has 25 nitrogen and oxygen atoms in total. The van der Waals surface area contributed by atoms with Crippen molar-refractivity contribution in [3.63, 3.8) is 0 Å². The standard InChI is InChI=1S/C72H94N16O9S/c1-44(2)59(81-57(89)24-31-96-32-27-86-58(90)34-45(3)66(86)94)65(93)78-54(16-12-25-75-67(74)95)64(92)77-49-20-18-48(19-21-49)36-88(28-10-11-29-88)30-33-97-72-40-69(6)37-70(7,41-72)39-71(38-69,42-72)43-87-47(5)52(35-76-87)51-22-23-56(80-60(51)61(73)91)85-26-13-14-50-46(4)62(83-84-63(50)85)82-68-79-53-15-8-9-17-55(53)98-68/h8-9,15,17-23,35,44-45,54,59H,10-14,16,24-34,36-43H2,1-7H3,(H8-,73,74,75,77,78,79,81,82,83,89,91,92,93,95)/p+1/t45?,54-,59-,69-,70+,71?,72?/m0/s1. The lowest BCUT2D eigenvalue weighted by Gasteiger charge is -2.69. The highest BCUT2D eigenvalue weighted by Crippen LogP contribution is 2.72. The van der Waals surface area contributed by atoms with Gasteiger partial charge in [-0.15, -0.1) is 10.2 Å². The molecule has 7 aliphatic rings. The smallest absolute Gasteiger partial charge is 0.312 e. The first kappa shape index (κ1) is 69.4. The van der Waals surface area contributed by atoms with Gasteiger partial charge >= 0.3 is 6.03 Å². The van der Waals surface area contributed by atoms with Crippen LogP contribution in [0.1, 0.15) is 151 Å². The van der Waals surface area contributed by atoms with Crippen LogP contribution in [0.15, 0.2) is 66.9 Å². The van der Waals surface area contributed by atoms with Crippen LogP contribution in [0.2, 0.25) is 0 Å². The molecule has 4 bridgehead atoms. The summed E-state index contributed by atoms with van der Waals surface area (Å²) in [6.45, 7) is 20.6. The number of carbonyl (C=O) groups excluding carboxylic acids is 7. The first-order valence-corrected chi connectivity index (χ1v) is 35.7. The lowest BCUT2D eigenvalue weighted by Crippen LogP contribution is -2.64. The number of urea groups is 1. The van der Waals surface area contributed by atoms with Gasteiger partial charge in [-0.3, -0.25) is 38.3 Å². The molecule has 6 aromatic rings. The number of quaternary nitrogens is 1. The van der Waals surface area contributed by atoms with Crippen molar-refractivity contribution in [2.24, 2.45) is 39.5 Å². The van der Waals surface area contributed by atoms with E-state index >= 15 is 0 Å². The van der Waals surface area contributed by atoms with Crippen molar-refractivity contribution in [3.8, 4) is 11.1 Å². The number of fused-ring (bicyclic) bond motifs is 2. The first-order valence-electron chi connectivity index (χ1n) is 34.9. The Hall–Kier alpha value is -8.46.